The van der Waals surface area contributed by atoms with Gasteiger partial charge in [-0.2, -0.15) is 0 Å². The standard InChI is InChI=1S/C34H27N3O8S/c1-4-44-33(39)29-30(20-10-6-5-7-11-20)35-34-36(31(29)21-14-16-26(42-2)27(18-21)43-3)32(38)28(46-34)19-22-15-17-25(45-22)23-12-8-9-13-24(23)37(40)41/h5-19,31H,4H2,1-3H3/b28-19-/t31-/m1/s1. The summed E-state index contributed by atoms with van der Waals surface area (Å²) in [6.07, 6.45) is 1.56. The van der Waals surface area contributed by atoms with E-state index in [0.29, 0.717) is 44.4 Å². The Kier molecular flexibility index (Phi) is 8.36. The molecular formula is C34H27N3O8S. The molecule has 2 aromatic heterocycles. The molecule has 12 heteroatoms. The fourth-order valence-corrected chi connectivity index (χ4v) is 6.31. The normalized spacial score (nSPS) is 14.4. The van der Waals surface area contributed by atoms with E-state index >= 15 is 0 Å². The first kappa shape index (κ1) is 30.3. The largest absolute Gasteiger partial charge is 0.493 e. The molecule has 0 bridgehead atoms. The predicted molar refractivity (Wildman–Crippen MR) is 171 cm³/mol. The van der Waals surface area contributed by atoms with E-state index in [1.807, 2.05) is 30.3 Å². The molecule has 3 heterocycles. The van der Waals surface area contributed by atoms with Gasteiger partial charge in [0.15, 0.2) is 16.3 Å². The Morgan fingerprint density at radius 1 is 1.02 bits per heavy atom. The molecule has 0 spiro atoms. The monoisotopic (exact) mass is 637 g/mol. The molecule has 0 saturated carbocycles. The van der Waals surface area contributed by atoms with Gasteiger partial charge in [0.1, 0.15) is 11.5 Å². The van der Waals surface area contributed by atoms with Crippen molar-refractivity contribution in [2.45, 2.75) is 13.0 Å². The van der Waals surface area contributed by atoms with Crippen LogP contribution in [0, 0.1) is 10.1 Å². The number of carbonyl (C=O) groups is 1. The number of thiazole rings is 1. The maximum atomic E-state index is 14.2. The molecule has 0 N–H and O–H groups in total. The molecule has 1 atom stereocenters. The molecule has 11 nitrogen and oxygen atoms in total. The number of nitro groups is 1. The first-order chi connectivity index (χ1) is 22.3. The minimum atomic E-state index is -0.924. The van der Waals surface area contributed by atoms with E-state index in [1.165, 1.54) is 24.9 Å². The lowest BCUT2D eigenvalue weighted by Gasteiger charge is -2.26. The fraction of sp³-hybridized carbons (Fsp3) is 0.147. The van der Waals surface area contributed by atoms with Gasteiger partial charge >= 0.3 is 5.97 Å². The van der Waals surface area contributed by atoms with Crippen molar-refractivity contribution in [3.05, 3.63) is 137 Å². The molecule has 0 aliphatic carbocycles. The van der Waals surface area contributed by atoms with Gasteiger partial charge in [0, 0.05) is 17.7 Å². The first-order valence-electron chi connectivity index (χ1n) is 14.2. The SMILES string of the molecule is CCOC(=O)C1=C(c2ccccc2)N=c2s/c(=C\c3ccc(-c4ccccc4[N+](=O)[O-])o3)c(=O)n2[C@@H]1c1ccc(OC)c(OC)c1. The molecule has 3 aromatic carbocycles. The van der Waals surface area contributed by atoms with Crippen molar-refractivity contribution in [2.24, 2.45) is 4.99 Å². The van der Waals surface area contributed by atoms with Crippen molar-refractivity contribution in [1.29, 1.82) is 0 Å². The van der Waals surface area contributed by atoms with Crippen molar-refractivity contribution < 1.29 is 28.3 Å². The van der Waals surface area contributed by atoms with E-state index < -0.39 is 22.5 Å². The summed E-state index contributed by atoms with van der Waals surface area (Å²) in [4.78, 5) is 44.2. The van der Waals surface area contributed by atoms with Gasteiger partial charge in [-0.15, -0.1) is 0 Å². The lowest BCUT2D eigenvalue weighted by Crippen LogP contribution is -2.40. The average molecular weight is 638 g/mol. The highest BCUT2D eigenvalue weighted by Crippen LogP contribution is 2.38. The summed E-state index contributed by atoms with van der Waals surface area (Å²) in [7, 11) is 3.03. The maximum Gasteiger partial charge on any atom is 0.338 e. The average Bonchev–Trinajstić information content (AvgIpc) is 3.67. The number of furan rings is 1. The lowest BCUT2D eigenvalue weighted by atomic mass is 9.93. The number of nitrogens with zero attached hydrogens (tertiary/aromatic N) is 3. The van der Waals surface area contributed by atoms with Crippen LogP contribution in [0.5, 0.6) is 11.5 Å². The molecule has 0 unspecified atom stereocenters. The van der Waals surface area contributed by atoms with Crippen LogP contribution < -0.4 is 24.4 Å². The smallest absolute Gasteiger partial charge is 0.338 e. The van der Waals surface area contributed by atoms with E-state index in [4.69, 9.17) is 23.6 Å². The van der Waals surface area contributed by atoms with Crippen molar-refractivity contribution in [1.82, 2.24) is 4.57 Å². The topological polar surface area (TPSA) is 135 Å². The van der Waals surface area contributed by atoms with Crippen LogP contribution in [0.2, 0.25) is 0 Å². The third kappa shape index (κ3) is 5.50. The summed E-state index contributed by atoms with van der Waals surface area (Å²) in [6, 6.07) is 23.0. The number of carbonyl (C=O) groups excluding carboxylic acids is 1. The molecule has 1 aliphatic rings. The minimum Gasteiger partial charge on any atom is -0.493 e. The third-order valence-electron chi connectivity index (χ3n) is 7.36. The van der Waals surface area contributed by atoms with Crippen LogP contribution >= 0.6 is 11.3 Å². The summed E-state index contributed by atoms with van der Waals surface area (Å²) in [5, 5.41) is 11.6. The molecule has 46 heavy (non-hydrogen) atoms. The number of benzene rings is 3. The zero-order valence-corrected chi connectivity index (χ0v) is 25.8. The summed E-state index contributed by atoms with van der Waals surface area (Å²) in [5.74, 6) is 0.886. The van der Waals surface area contributed by atoms with Crippen LogP contribution in [0.4, 0.5) is 5.69 Å². The molecule has 0 saturated heterocycles. The highest BCUT2D eigenvalue weighted by Gasteiger charge is 2.35. The zero-order chi connectivity index (χ0) is 32.4. The molecule has 0 fully saturated rings. The molecule has 5 aromatic rings. The Hall–Kier alpha value is -5.75. The summed E-state index contributed by atoms with van der Waals surface area (Å²) in [6.45, 7) is 1.83. The second kappa shape index (κ2) is 12.7. The number of fused-ring (bicyclic) bond motifs is 1. The third-order valence-corrected chi connectivity index (χ3v) is 8.35. The number of hydrogen-bond donors (Lipinski definition) is 0. The second-order valence-corrected chi connectivity index (χ2v) is 11.0. The summed E-state index contributed by atoms with van der Waals surface area (Å²) >= 11 is 1.13. The Balaban J connectivity index is 1.58. The molecule has 0 amide bonds. The first-order valence-corrected chi connectivity index (χ1v) is 15.0. The minimum absolute atomic E-state index is 0.0994. The second-order valence-electron chi connectivity index (χ2n) is 10.0. The number of nitro benzene ring substituents is 1. The van der Waals surface area contributed by atoms with E-state index in [-0.39, 0.29) is 28.2 Å². The van der Waals surface area contributed by atoms with E-state index in [9.17, 15) is 19.7 Å². The molecular weight excluding hydrogens is 610 g/mol. The van der Waals surface area contributed by atoms with Crippen molar-refractivity contribution in [2.75, 3.05) is 20.8 Å². The van der Waals surface area contributed by atoms with Crippen LogP contribution in [0.1, 0.15) is 29.9 Å². The fourth-order valence-electron chi connectivity index (χ4n) is 5.32. The number of rotatable bonds is 9. The number of hydrogen-bond acceptors (Lipinski definition) is 10. The van der Waals surface area contributed by atoms with Crippen molar-refractivity contribution in [3.8, 4) is 22.8 Å². The van der Waals surface area contributed by atoms with Crippen LogP contribution in [-0.4, -0.2) is 36.3 Å². The van der Waals surface area contributed by atoms with Crippen molar-refractivity contribution in [3.63, 3.8) is 0 Å². The summed E-state index contributed by atoms with van der Waals surface area (Å²) < 4.78 is 24.2. The number of para-hydroxylation sites is 1. The maximum absolute atomic E-state index is 14.2. The Morgan fingerprint density at radius 2 is 1.76 bits per heavy atom. The predicted octanol–water partition coefficient (Wildman–Crippen LogP) is 5.12. The van der Waals surface area contributed by atoms with Gasteiger partial charge in [-0.25, -0.2) is 9.79 Å². The quantitative estimate of drug-likeness (QED) is 0.123. The van der Waals surface area contributed by atoms with Crippen molar-refractivity contribution >= 4 is 34.8 Å². The van der Waals surface area contributed by atoms with Gasteiger partial charge < -0.3 is 18.6 Å². The lowest BCUT2D eigenvalue weighted by molar-refractivity contribution is -0.384. The van der Waals surface area contributed by atoms with Crippen LogP contribution in [0.15, 0.2) is 105 Å². The Morgan fingerprint density at radius 3 is 2.48 bits per heavy atom. The number of methoxy groups -OCH3 is 2. The molecule has 0 radical (unpaired) electrons. The Bertz CT molecular complexity index is 2180. The molecule has 1 aliphatic heterocycles. The van der Waals surface area contributed by atoms with Gasteiger partial charge in [-0.1, -0.05) is 59.9 Å². The van der Waals surface area contributed by atoms with Gasteiger partial charge in [0.2, 0.25) is 0 Å². The molecule has 232 valence electrons. The highest BCUT2D eigenvalue weighted by molar-refractivity contribution is 7.07. The van der Waals surface area contributed by atoms with Crippen LogP contribution in [-0.2, 0) is 9.53 Å². The van der Waals surface area contributed by atoms with Crippen LogP contribution in [0.25, 0.3) is 23.1 Å². The summed E-state index contributed by atoms with van der Waals surface area (Å²) in [5.41, 5.74) is 1.62. The Labute approximate surface area is 266 Å². The van der Waals surface area contributed by atoms with Gasteiger partial charge in [0.05, 0.1) is 53.2 Å². The van der Waals surface area contributed by atoms with E-state index in [0.717, 1.165) is 11.3 Å². The van der Waals surface area contributed by atoms with E-state index in [2.05, 4.69) is 0 Å². The molecule has 6 rings (SSSR count). The zero-order valence-electron chi connectivity index (χ0n) is 25.0. The number of ether oxygens (including phenoxy) is 3. The van der Waals surface area contributed by atoms with E-state index in [1.54, 1.807) is 61.5 Å². The van der Waals surface area contributed by atoms with Gasteiger partial charge in [-0.05, 0) is 42.8 Å². The van der Waals surface area contributed by atoms with Gasteiger partial charge in [-0.3, -0.25) is 19.5 Å². The van der Waals surface area contributed by atoms with Crippen LogP contribution in [0.3, 0.4) is 0 Å². The highest BCUT2D eigenvalue weighted by atomic mass is 32.1. The number of aromatic nitrogens is 1. The number of esters is 1. The van der Waals surface area contributed by atoms with Gasteiger partial charge in [0.25, 0.3) is 11.2 Å².